The number of nitro benzene ring substituents is 1. The molecule has 0 heterocycles. The van der Waals surface area contributed by atoms with Crippen LogP contribution in [-0.4, -0.2) is 45.2 Å². The molecule has 0 spiro atoms. The van der Waals surface area contributed by atoms with Crippen molar-refractivity contribution in [3.8, 4) is 5.75 Å². The number of benzene rings is 1. The Morgan fingerprint density at radius 3 is 2.33 bits per heavy atom. The molecule has 11 heteroatoms. The van der Waals surface area contributed by atoms with E-state index in [9.17, 15) is 28.1 Å². The first kappa shape index (κ1) is 23.2. The van der Waals surface area contributed by atoms with E-state index in [1.807, 2.05) is 4.72 Å². The molecule has 162 valence electrons. The summed E-state index contributed by atoms with van der Waals surface area (Å²) in [6.45, 7) is 5.40. The molecule has 30 heavy (non-hydrogen) atoms. The number of carbonyl (C=O) groups is 2. The van der Waals surface area contributed by atoms with Gasteiger partial charge in [-0.2, -0.15) is 0 Å². The lowest BCUT2D eigenvalue weighted by atomic mass is 9.81. The Morgan fingerprint density at radius 1 is 1.10 bits per heavy atom. The number of ether oxygens (including phenoxy) is 2. The predicted molar refractivity (Wildman–Crippen MR) is 106 cm³/mol. The lowest BCUT2D eigenvalue weighted by Crippen LogP contribution is -2.32. The first-order valence-corrected chi connectivity index (χ1v) is 10.3. The van der Waals surface area contributed by atoms with E-state index in [0.717, 1.165) is 30.4 Å². The predicted octanol–water partition coefficient (Wildman–Crippen LogP) is 1.91. The second kappa shape index (κ2) is 8.76. The number of nitrogens with one attached hydrogen (secondary N) is 1. The number of hydrogen-bond donors (Lipinski definition) is 1. The monoisotopic (exact) mass is 438 g/mol. The molecule has 0 aromatic heterocycles. The molecule has 0 radical (unpaired) electrons. The zero-order valence-electron chi connectivity index (χ0n) is 16.9. The van der Waals surface area contributed by atoms with Crippen molar-refractivity contribution in [1.82, 2.24) is 4.72 Å². The molecule has 1 aromatic rings. The fourth-order valence-electron chi connectivity index (χ4n) is 2.60. The summed E-state index contributed by atoms with van der Waals surface area (Å²) in [6.07, 6.45) is 1.99. The number of carbonyl (C=O) groups excluding carboxylic acids is 2. The van der Waals surface area contributed by atoms with Crippen LogP contribution in [0.5, 0.6) is 5.75 Å². The third-order valence-electron chi connectivity index (χ3n) is 4.11. The normalized spacial score (nSPS) is 14.8. The Labute approximate surface area is 173 Å². The average Bonchev–Trinajstić information content (AvgIpc) is 2.63. The van der Waals surface area contributed by atoms with Crippen LogP contribution >= 0.6 is 0 Å². The fraction of sp³-hybridized carbons (Fsp3) is 0.368. The van der Waals surface area contributed by atoms with Gasteiger partial charge in [-0.3, -0.25) is 24.4 Å². The number of methoxy groups -OCH3 is 1. The number of ketones is 2. The number of allylic oxidation sites excluding steroid dienone is 3. The minimum Gasteiger partial charge on any atom is -0.490 e. The van der Waals surface area contributed by atoms with Gasteiger partial charge in [-0.05, 0) is 17.6 Å². The molecule has 10 nitrogen and oxygen atoms in total. The largest absolute Gasteiger partial charge is 0.490 e. The van der Waals surface area contributed by atoms with Crippen LogP contribution in [0.1, 0.15) is 20.8 Å². The van der Waals surface area contributed by atoms with E-state index in [4.69, 9.17) is 9.47 Å². The van der Waals surface area contributed by atoms with Crippen molar-refractivity contribution >= 4 is 27.3 Å². The van der Waals surface area contributed by atoms with Crippen molar-refractivity contribution in [2.45, 2.75) is 25.7 Å². The van der Waals surface area contributed by atoms with Gasteiger partial charge in [-0.25, -0.2) is 8.42 Å². The first-order valence-electron chi connectivity index (χ1n) is 8.82. The molecule has 0 saturated carbocycles. The van der Waals surface area contributed by atoms with Crippen LogP contribution in [0.15, 0.2) is 46.5 Å². The van der Waals surface area contributed by atoms with E-state index in [-0.39, 0.29) is 24.5 Å². The highest BCUT2D eigenvalue weighted by Crippen LogP contribution is 2.31. The highest BCUT2D eigenvalue weighted by atomic mass is 32.2. The summed E-state index contributed by atoms with van der Waals surface area (Å²) in [5.41, 5.74) is -1.29. The van der Waals surface area contributed by atoms with Crippen LogP contribution in [-0.2, 0) is 24.3 Å². The Hall–Kier alpha value is -3.05. The van der Waals surface area contributed by atoms with Crippen LogP contribution in [0.3, 0.4) is 0 Å². The first-order chi connectivity index (χ1) is 13.9. The van der Waals surface area contributed by atoms with E-state index in [1.165, 1.54) is 7.11 Å². The Bertz CT molecular complexity index is 1050. The molecule has 1 aliphatic carbocycles. The Morgan fingerprint density at radius 2 is 1.77 bits per heavy atom. The van der Waals surface area contributed by atoms with E-state index >= 15 is 0 Å². The molecule has 1 aliphatic rings. The van der Waals surface area contributed by atoms with Crippen molar-refractivity contribution in [3.63, 3.8) is 0 Å². The summed E-state index contributed by atoms with van der Waals surface area (Å²) in [6, 6.07) is 3.05. The fourth-order valence-corrected chi connectivity index (χ4v) is 3.83. The van der Waals surface area contributed by atoms with E-state index in [2.05, 4.69) is 0 Å². The average molecular weight is 438 g/mol. The van der Waals surface area contributed by atoms with Crippen molar-refractivity contribution in [3.05, 3.63) is 51.7 Å². The topological polar surface area (TPSA) is 142 Å². The third kappa shape index (κ3) is 5.30. The third-order valence-corrected chi connectivity index (χ3v) is 5.49. The summed E-state index contributed by atoms with van der Waals surface area (Å²) in [4.78, 5) is 34.5. The van der Waals surface area contributed by atoms with Crippen LogP contribution in [0.25, 0.3) is 0 Å². The molecule has 0 amide bonds. The summed E-state index contributed by atoms with van der Waals surface area (Å²) >= 11 is 0. The van der Waals surface area contributed by atoms with Crippen LogP contribution in [0, 0.1) is 15.5 Å². The number of rotatable bonds is 8. The molecular weight excluding hydrogens is 416 g/mol. The summed E-state index contributed by atoms with van der Waals surface area (Å²) in [5.74, 6) is -1.36. The minimum absolute atomic E-state index is 0.00533. The number of hydrogen-bond acceptors (Lipinski definition) is 8. The highest BCUT2D eigenvalue weighted by molar-refractivity contribution is 7.89. The molecule has 1 aromatic carbocycles. The van der Waals surface area contributed by atoms with Gasteiger partial charge in [-0.1, -0.05) is 20.8 Å². The second-order valence-corrected chi connectivity index (χ2v) is 9.08. The molecule has 0 atom stereocenters. The van der Waals surface area contributed by atoms with Gasteiger partial charge in [0.2, 0.25) is 5.78 Å². The maximum atomic E-state index is 12.9. The summed E-state index contributed by atoms with van der Waals surface area (Å²) in [7, 11) is -3.06. The van der Waals surface area contributed by atoms with Crippen LogP contribution < -0.4 is 9.46 Å². The van der Waals surface area contributed by atoms with Gasteiger partial charge in [0, 0.05) is 30.9 Å². The van der Waals surface area contributed by atoms with Gasteiger partial charge in [-0.15, -0.1) is 0 Å². The molecule has 0 aliphatic heterocycles. The molecule has 0 saturated heterocycles. The van der Waals surface area contributed by atoms with Crippen molar-refractivity contribution in [2.75, 3.05) is 20.3 Å². The number of sulfonamides is 1. The van der Waals surface area contributed by atoms with E-state index in [1.54, 1.807) is 20.8 Å². The van der Waals surface area contributed by atoms with Crippen molar-refractivity contribution in [2.24, 2.45) is 5.41 Å². The van der Waals surface area contributed by atoms with E-state index in [0.29, 0.717) is 0 Å². The van der Waals surface area contributed by atoms with Crippen molar-refractivity contribution in [1.29, 1.82) is 0 Å². The van der Waals surface area contributed by atoms with Crippen LogP contribution in [0.4, 0.5) is 5.69 Å². The highest BCUT2D eigenvalue weighted by Gasteiger charge is 2.31. The zero-order valence-corrected chi connectivity index (χ0v) is 17.7. The Kier molecular flexibility index (Phi) is 6.78. The quantitative estimate of drug-likeness (QED) is 0.281. The number of nitro groups is 1. The molecule has 2 rings (SSSR count). The van der Waals surface area contributed by atoms with Gasteiger partial charge in [0.25, 0.3) is 15.7 Å². The summed E-state index contributed by atoms with van der Waals surface area (Å²) in [5, 5.41) is 11.1. The smallest absolute Gasteiger partial charge is 0.271 e. The van der Waals surface area contributed by atoms with Gasteiger partial charge in [0.1, 0.15) is 22.9 Å². The summed E-state index contributed by atoms with van der Waals surface area (Å²) < 4.78 is 38.0. The Balaban J connectivity index is 2.41. The van der Waals surface area contributed by atoms with Gasteiger partial charge < -0.3 is 9.47 Å². The lowest BCUT2D eigenvalue weighted by Gasteiger charge is -2.24. The van der Waals surface area contributed by atoms with Crippen molar-refractivity contribution < 1.29 is 32.4 Å². The molecule has 0 unspecified atom stereocenters. The van der Waals surface area contributed by atoms with E-state index < -0.39 is 48.2 Å². The number of nitrogens with zero attached hydrogens (tertiary/aromatic N) is 1. The van der Waals surface area contributed by atoms with Gasteiger partial charge >= 0.3 is 0 Å². The second-order valence-electron chi connectivity index (χ2n) is 7.43. The van der Waals surface area contributed by atoms with Gasteiger partial charge in [0.05, 0.1) is 11.5 Å². The molecule has 0 bridgehead atoms. The van der Waals surface area contributed by atoms with Crippen LogP contribution in [0.2, 0.25) is 0 Å². The maximum Gasteiger partial charge on any atom is 0.271 e. The number of non-ortho nitro benzene ring substituents is 1. The SMILES string of the molecule is COCCOc1ccc([N+](=O)[O-])cc1S(=O)(=O)NC1=CC(=O)C(C(C)(C)C)=CC1=O. The minimum atomic E-state index is -4.48. The lowest BCUT2D eigenvalue weighted by molar-refractivity contribution is -0.385. The standard InChI is InChI=1S/C19H22N2O8S/c1-19(2,3)13-10-16(23)14(11-15(13)22)20-30(26,27)18-9-12(21(24)25)5-6-17(18)29-8-7-28-4/h5-6,9-11,20H,7-8H2,1-4H3. The maximum absolute atomic E-state index is 12.9. The molecular formula is C19H22N2O8S. The molecule has 0 fully saturated rings. The zero-order chi connectivity index (χ0) is 22.7. The molecule has 1 N–H and O–H groups in total. The van der Waals surface area contributed by atoms with Gasteiger partial charge in [0.15, 0.2) is 5.78 Å².